The molecule has 1 aromatic carbocycles. The van der Waals surface area contributed by atoms with Gasteiger partial charge in [0.05, 0.1) is 7.11 Å². The van der Waals surface area contributed by atoms with Crippen molar-refractivity contribution in [2.75, 3.05) is 20.2 Å². The molecular weight excluding hydrogens is 372 g/mol. The number of fused-ring (bicyclic) bond motifs is 1. The SMILES string of the molecule is COc1ccc2c(c1)CN(CCC(=O)NN1C(=O)NC3(CCCCC3)C1=O)CC2. The highest BCUT2D eigenvalue weighted by Crippen LogP contribution is 2.33. The Bertz CT molecular complexity index is 819. The first kappa shape index (κ1) is 19.7. The quantitative estimate of drug-likeness (QED) is 0.735. The maximum atomic E-state index is 12.7. The van der Waals surface area contributed by atoms with Crippen LogP contribution in [0.1, 0.15) is 49.7 Å². The summed E-state index contributed by atoms with van der Waals surface area (Å²) >= 11 is 0. The number of imide groups is 1. The van der Waals surface area contributed by atoms with Crippen molar-refractivity contribution in [3.05, 3.63) is 29.3 Å². The number of benzene rings is 1. The lowest BCUT2D eigenvalue weighted by Gasteiger charge is -2.30. The number of hydrogen-bond acceptors (Lipinski definition) is 5. The molecule has 1 aromatic rings. The van der Waals surface area contributed by atoms with Gasteiger partial charge < -0.3 is 10.1 Å². The Labute approximate surface area is 170 Å². The number of methoxy groups -OCH3 is 1. The molecule has 0 radical (unpaired) electrons. The van der Waals surface area contributed by atoms with E-state index in [4.69, 9.17) is 4.74 Å². The zero-order chi connectivity index (χ0) is 20.4. The van der Waals surface area contributed by atoms with Gasteiger partial charge in [-0.25, -0.2) is 4.79 Å². The van der Waals surface area contributed by atoms with Crippen LogP contribution < -0.4 is 15.5 Å². The fraction of sp³-hybridized carbons (Fsp3) is 0.571. The average molecular weight is 400 g/mol. The third kappa shape index (κ3) is 3.94. The first-order valence-corrected chi connectivity index (χ1v) is 10.4. The fourth-order valence-corrected chi connectivity index (χ4v) is 4.57. The molecule has 1 spiro atoms. The number of amides is 4. The van der Waals surface area contributed by atoms with Gasteiger partial charge in [0.2, 0.25) is 5.91 Å². The monoisotopic (exact) mass is 400 g/mol. The summed E-state index contributed by atoms with van der Waals surface area (Å²) < 4.78 is 5.30. The molecular formula is C21H28N4O4. The van der Waals surface area contributed by atoms with Gasteiger partial charge in [0.25, 0.3) is 5.91 Å². The Morgan fingerprint density at radius 3 is 2.76 bits per heavy atom. The highest BCUT2D eigenvalue weighted by molar-refractivity contribution is 6.08. The third-order valence-corrected chi connectivity index (χ3v) is 6.27. The number of urea groups is 1. The summed E-state index contributed by atoms with van der Waals surface area (Å²) in [6, 6.07) is 5.58. The maximum Gasteiger partial charge on any atom is 0.344 e. The molecule has 1 aliphatic carbocycles. The van der Waals surface area contributed by atoms with Gasteiger partial charge >= 0.3 is 6.03 Å². The van der Waals surface area contributed by atoms with E-state index in [0.29, 0.717) is 19.4 Å². The molecule has 2 N–H and O–H groups in total. The van der Waals surface area contributed by atoms with Crippen LogP contribution in [0.3, 0.4) is 0 Å². The lowest BCUT2D eigenvalue weighted by molar-refractivity contribution is -0.140. The van der Waals surface area contributed by atoms with E-state index in [0.717, 1.165) is 49.5 Å². The van der Waals surface area contributed by atoms with Gasteiger partial charge in [-0.15, -0.1) is 0 Å². The zero-order valence-electron chi connectivity index (χ0n) is 16.8. The molecule has 8 heteroatoms. The normalized spacial score (nSPS) is 21.1. The topological polar surface area (TPSA) is 91.0 Å². The van der Waals surface area contributed by atoms with Gasteiger partial charge in [-0.1, -0.05) is 25.3 Å². The summed E-state index contributed by atoms with van der Waals surface area (Å²) in [7, 11) is 1.65. The van der Waals surface area contributed by atoms with E-state index in [1.165, 1.54) is 11.1 Å². The van der Waals surface area contributed by atoms with Crippen molar-refractivity contribution >= 4 is 17.8 Å². The summed E-state index contributed by atoms with van der Waals surface area (Å²) in [5.41, 5.74) is 4.21. The van der Waals surface area contributed by atoms with E-state index in [-0.39, 0.29) is 18.2 Å². The second kappa shape index (κ2) is 8.02. The number of carbonyl (C=O) groups excluding carboxylic acids is 3. The lowest BCUT2D eigenvalue weighted by atomic mass is 9.82. The predicted octanol–water partition coefficient (Wildman–Crippen LogP) is 1.73. The summed E-state index contributed by atoms with van der Waals surface area (Å²) in [6.45, 7) is 2.20. The molecule has 29 heavy (non-hydrogen) atoms. The standard InChI is InChI=1S/C21H28N4O4/c1-29-17-6-5-15-7-11-24(14-16(15)13-17)12-8-18(26)23-25-19(27)21(22-20(25)28)9-3-2-4-10-21/h5-6,13H,2-4,7-12,14H2,1H3,(H,22,28)(H,23,26). The van der Waals surface area contributed by atoms with Gasteiger partial charge in [0, 0.05) is 26.1 Å². The van der Waals surface area contributed by atoms with Crippen LogP contribution in [0.2, 0.25) is 0 Å². The number of nitrogens with one attached hydrogen (secondary N) is 2. The number of hydrogen-bond donors (Lipinski definition) is 2. The number of hydrazine groups is 1. The minimum absolute atomic E-state index is 0.226. The van der Waals surface area contributed by atoms with Crippen LogP contribution in [-0.4, -0.2) is 53.5 Å². The Kier molecular flexibility index (Phi) is 5.45. The molecule has 2 aliphatic heterocycles. The first-order valence-electron chi connectivity index (χ1n) is 10.4. The van der Waals surface area contributed by atoms with Gasteiger partial charge in [-0.3, -0.25) is 19.9 Å². The molecule has 2 heterocycles. The van der Waals surface area contributed by atoms with Crippen LogP contribution in [0.4, 0.5) is 4.79 Å². The van der Waals surface area contributed by atoms with Crippen molar-refractivity contribution in [1.82, 2.24) is 20.7 Å². The van der Waals surface area contributed by atoms with Crippen molar-refractivity contribution in [3.63, 3.8) is 0 Å². The largest absolute Gasteiger partial charge is 0.497 e. The third-order valence-electron chi connectivity index (χ3n) is 6.27. The van der Waals surface area contributed by atoms with E-state index in [1.807, 2.05) is 12.1 Å². The second-order valence-corrected chi connectivity index (χ2v) is 8.16. The van der Waals surface area contributed by atoms with Gasteiger partial charge in [0.15, 0.2) is 0 Å². The maximum absolute atomic E-state index is 12.7. The molecule has 0 aromatic heterocycles. The fourth-order valence-electron chi connectivity index (χ4n) is 4.57. The van der Waals surface area contributed by atoms with Crippen LogP contribution in [0.25, 0.3) is 0 Å². The Hall–Kier alpha value is -2.61. The first-order chi connectivity index (χ1) is 14.0. The summed E-state index contributed by atoms with van der Waals surface area (Å²) in [6.07, 6.45) is 5.33. The van der Waals surface area contributed by atoms with E-state index in [1.54, 1.807) is 7.11 Å². The Balaban J connectivity index is 1.30. The van der Waals surface area contributed by atoms with Gasteiger partial charge in [-0.2, -0.15) is 5.01 Å². The molecule has 156 valence electrons. The highest BCUT2D eigenvalue weighted by Gasteiger charge is 2.52. The molecule has 3 aliphatic rings. The highest BCUT2D eigenvalue weighted by atomic mass is 16.5. The molecule has 8 nitrogen and oxygen atoms in total. The molecule has 0 unspecified atom stereocenters. The molecule has 0 atom stereocenters. The number of rotatable bonds is 5. The molecule has 1 saturated carbocycles. The molecule has 0 bridgehead atoms. The Morgan fingerprint density at radius 1 is 1.21 bits per heavy atom. The van der Waals surface area contributed by atoms with Gasteiger partial charge in [0.1, 0.15) is 11.3 Å². The van der Waals surface area contributed by atoms with Crippen LogP contribution in [0, 0.1) is 0 Å². The molecule has 2 fully saturated rings. The summed E-state index contributed by atoms with van der Waals surface area (Å²) in [5, 5.41) is 3.68. The number of nitrogens with zero attached hydrogens (tertiary/aromatic N) is 2. The smallest absolute Gasteiger partial charge is 0.344 e. The van der Waals surface area contributed by atoms with Crippen molar-refractivity contribution in [2.45, 2.75) is 57.0 Å². The van der Waals surface area contributed by atoms with Gasteiger partial charge in [-0.05, 0) is 42.5 Å². The second-order valence-electron chi connectivity index (χ2n) is 8.16. The molecule has 4 amide bonds. The molecule has 1 saturated heterocycles. The summed E-state index contributed by atoms with van der Waals surface area (Å²) in [5.74, 6) is 0.186. The number of ether oxygens (including phenoxy) is 1. The van der Waals surface area contributed by atoms with Crippen molar-refractivity contribution in [1.29, 1.82) is 0 Å². The predicted molar refractivity (Wildman–Crippen MR) is 106 cm³/mol. The van der Waals surface area contributed by atoms with Crippen molar-refractivity contribution < 1.29 is 19.1 Å². The van der Waals surface area contributed by atoms with Crippen molar-refractivity contribution in [3.8, 4) is 5.75 Å². The van der Waals surface area contributed by atoms with Crippen molar-refractivity contribution in [2.24, 2.45) is 0 Å². The van der Waals surface area contributed by atoms with E-state index >= 15 is 0 Å². The minimum Gasteiger partial charge on any atom is -0.497 e. The van der Waals surface area contributed by atoms with Crippen LogP contribution in [0.5, 0.6) is 5.75 Å². The van der Waals surface area contributed by atoms with Crippen LogP contribution >= 0.6 is 0 Å². The Morgan fingerprint density at radius 2 is 2.00 bits per heavy atom. The van der Waals surface area contributed by atoms with E-state index in [9.17, 15) is 14.4 Å². The minimum atomic E-state index is -0.821. The summed E-state index contributed by atoms with van der Waals surface area (Å²) in [4.78, 5) is 39.6. The lowest BCUT2D eigenvalue weighted by Crippen LogP contribution is -2.51. The molecule has 4 rings (SSSR count). The van der Waals surface area contributed by atoms with E-state index < -0.39 is 11.6 Å². The van der Waals surface area contributed by atoms with E-state index in [2.05, 4.69) is 21.7 Å². The van der Waals surface area contributed by atoms with Crippen LogP contribution in [-0.2, 0) is 22.6 Å². The zero-order valence-corrected chi connectivity index (χ0v) is 16.8. The number of carbonyl (C=O) groups is 3. The average Bonchev–Trinajstić information content (AvgIpc) is 2.96. The van der Waals surface area contributed by atoms with Crippen LogP contribution in [0.15, 0.2) is 18.2 Å².